The van der Waals surface area contributed by atoms with Crippen LogP contribution in [0.4, 0.5) is 5.69 Å². The van der Waals surface area contributed by atoms with Crippen LogP contribution in [-0.2, 0) is 22.9 Å². The quantitative estimate of drug-likeness (QED) is 0.104. The van der Waals surface area contributed by atoms with E-state index in [0.717, 1.165) is 22.4 Å². The fraction of sp³-hybridized carbons (Fsp3) is 0.297. The van der Waals surface area contributed by atoms with Crippen LogP contribution in [0.15, 0.2) is 103 Å². The summed E-state index contributed by atoms with van der Waals surface area (Å²) in [6, 6.07) is 29.8. The third-order valence-electron chi connectivity index (χ3n) is 7.92. The van der Waals surface area contributed by atoms with Gasteiger partial charge in [0, 0.05) is 17.7 Å². The molecule has 254 valence electrons. The van der Waals surface area contributed by atoms with Gasteiger partial charge in [0.1, 0.15) is 5.75 Å². The zero-order chi connectivity index (χ0) is 34.5. The van der Waals surface area contributed by atoms with Crippen LogP contribution in [0.3, 0.4) is 0 Å². The maximum absolute atomic E-state index is 13.8. The Kier molecular flexibility index (Phi) is 13.1. The Labute approximate surface area is 283 Å². The lowest BCUT2D eigenvalue weighted by atomic mass is 10.00. The summed E-state index contributed by atoms with van der Waals surface area (Å²) in [6.45, 7) is 4.14. The van der Waals surface area contributed by atoms with Gasteiger partial charge in [0.05, 0.1) is 36.7 Å². The maximum Gasteiger partial charge on any atom is 0.251 e. The topological polar surface area (TPSA) is 146 Å². The standard InChI is InChI=1S/C37H44N4O6S/c1-4-48(45,46)41-32-23-30(36(43)39-26(2)29-15-9-6-10-16-29)22-31(24-32)37(44)40-34(21-27-12-7-5-8-13-27)35(42)25-38-19-18-28-14-11-17-33(20-28)47-3/h5-17,20,22-24,26,34-35,38,41-42H,4,18-19,21,25H2,1-3H3,(H,39,43)(H,40,44)/t26-,34+,35-/m1/s1. The largest absolute Gasteiger partial charge is 0.497 e. The van der Waals surface area contributed by atoms with E-state index in [1.807, 2.05) is 91.9 Å². The molecule has 4 aromatic rings. The molecule has 4 aromatic carbocycles. The Balaban J connectivity index is 1.53. The number of nitrogens with one attached hydrogen (secondary N) is 4. The first-order valence-electron chi connectivity index (χ1n) is 15.9. The number of benzene rings is 4. The van der Waals surface area contributed by atoms with E-state index in [2.05, 4.69) is 20.7 Å². The molecule has 2 amide bonds. The van der Waals surface area contributed by atoms with Crippen molar-refractivity contribution in [1.29, 1.82) is 0 Å². The minimum absolute atomic E-state index is 0.0695. The molecule has 0 saturated carbocycles. The lowest BCUT2D eigenvalue weighted by molar-refractivity contribution is 0.0831. The molecule has 0 aliphatic carbocycles. The summed E-state index contributed by atoms with van der Waals surface area (Å²) in [4.78, 5) is 27.1. The fourth-order valence-corrected chi connectivity index (χ4v) is 5.78. The molecule has 0 heterocycles. The number of hydrogen-bond acceptors (Lipinski definition) is 7. The van der Waals surface area contributed by atoms with Crippen LogP contribution in [0.25, 0.3) is 0 Å². The van der Waals surface area contributed by atoms with E-state index >= 15 is 0 Å². The summed E-state index contributed by atoms with van der Waals surface area (Å²) < 4.78 is 32.7. The van der Waals surface area contributed by atoms with E-state index in [1.54, 1.807) is 7.11 Å². The number of aliphatic hydroxyl groups excluding tert-OH is 1. The lowest BCUT2D eigenvalue weighted by Crippen LogP contribution is -2.49. The van der Waals surface area contributed by atoms with Crippen molar-refractivity contribution in [2.24, 2.45) is 0 Å². The third-order valence-corrected chi connectivity index (χ3v) is 9.22. The number of aliphatic hydroxyl groups is 1. The van der Waals surface area contributed by atoms with E-state index < -0.39 is 34.0 Å². The first kappa shape index (κ1) is 36.1. The molecular weight excluding hydrogens is 628 g/mol. The van der Waals surface area contributed by atoms with Crippen molar-refractivity contribution in [2.45, 2.75) is 44.9 Å². The van der Waals surface area contributed by atoms with Gasteiger partial charge < -0.3 is 25.8 Å². The minimum Gasteiger partial charge on any atom is -0.497 e. The minimum atomic E-state index is -3.71. The molecule has 3 atom stereocenters. The molecular formula is C37H44N4O6S. The Bertz CT molecular complexity index is 1750. The molecule has 11 heteroatoms. The van der Waals surface area contributed by atoms with Crippen molar-refractivity contribution in [2.75, 3.05) is 30.7 Å². The van der Waals surface area contributed by atoms with E-state index in [4.69, 9.17) is 4.74 Å². The van der Waals surface area contributed by atoms with Gasteiger partial charge in [0.15, 0.2) is 0 Å². The average Bonchev–Trinajstić information content (AvgIpc) is 3.10. The first-order valence-corrected chi connectivity index (χ1v) is 17.6. The molecule has 0 aliphatic heterocycles. The summed E-state index contributed by atoms with van der Waals surface area (Å²) >= 11 is 0. The molecule has 10 nitrogen and oxygen atoms in total. The number of anilines is 1. The summed E-state index contributed by atoms with van der Waals surface area (Å²) in [7, 11) is -2.08. The highest BCUT2D eigenvalue weighted by Gasteiger charge is 2.24. The number of methoxy groups -OCH3 is 1. The number of rotatable bonds is 17. The highest BCUT2D eigenvalue weighted by Crippen LogP contribution is 2.20. The summed E-state index contributed by atoms with van der Waals surface area (Å²) in [5.41, 5.74) is 3.15. The molecule has 0 fully saturated rings. The molecule has 0 aromatic heterocycles. The Morgan fingerprint density at radius 1 is 0.812 bits per heavy atom. The molecule has 0 saturated heterocycles. The number of carbonyl (C=O) groups is 2. The molecule has 0 bridgehead atoms. The summed E-state index contributed by atoms with van der Waals surface area (Å²) in [5, 5.41) is 20.4. The van der Waals surface area contributed by atoms with Gasteiger partial charge in [-0.25, -0.2) is 8.42 Å². The third kappa shape index (κ3) is 10.9. The Morgan fingerprint density at radius 3 is 2.08 bits per heavy atom. The Morgan fingerprint density at radius 2 is 1.44 bits per heavy atom. The van der Waals surface area contributed by atoms with E-state index in [1.165, 1.54) is 25.1 Å². The second-order valence-electron chi connectivity index (χ2n) is 11.6. The molecule has 0 unspecified atom stereocenters. The second kappa shape index (κ2) is 17.4. The number of sulfonamides is 1. The number of amides is 2. The maximum atomic E-state index is 13.8. The van der Waals surface area contributed by atoms with Crippen molar-refractivity contribution in [3.63, 3.8) is 0 Å². The van der Waals surface area contributed by atoms with E-state index in [-0.39, 0.29) is 35.2 Å². The van der Waals surface area contributed by atoms with Crippen LogP contribution < -0.4 is 25.4 Å². The van der Waals surface area contributed by atoms with Crippen molar-refractivity contribution in [3.05, 3.63) is 131 Å². The van der Waals surface area contributed by atoms with E-state index in [9.17, 15) is 23.1 Å². The fourth-order valence-electron chi connectivity index (χ4n) is 5.16. The average molecular weight is 673 g/mol. The molecule has 4 rings (SSSR count). The van der Waals surface area contributed by atoms with Crippen molar-refractivity contribution in [3.8, 4) is 5.75 Å². The Hall–Kier alpha value is -4.71. The smallest absolute Gasteiger partial charge is 0.251 e. The van der Waals surface area contributed by atoms with Crippen LogP contribution in [0.2, 0.25) is 0 Å². The summed E-state index contributed by atoms with van der Waals surface area (Å²) in [6.07, 6.45) is 0.0965. The SMILES string of the molecule is CCS(=O)(=O)Nc1cc(C(=O)N[C@@H](Cc2ccccc2)[C@H](O)CNCCc2cccc(OC)c2)cc(C(=O)N[C@H](C)c2ccccc2)c1. The van der Waals surface area contributed by atoms with Gasteiger partial charge in [-0.3, -0.25) is 14.3 Å². The van der Waals surface area contributed by atoms with Crippen LogP contribution >= 0.6 is 0 Å². The number of hydrogen-bond donors (Lipinski definition) is 5. The first-order chi connectivity index (χ1) is 23.1. The second-order valence-corrected chi connectivity index (χ2v) is 13.6. The highest BCUT2D eigenvalue weighted by molar-refractivity contribution is 7.92. The van der Waals surface area contributed by atoms with Crippen molar-refractivity contribution < 1.29 is 27.9 Å². The molecule has 0 aliphatic rings. The normalized spacial score (nSPS) is 13.2. The zero-order valence-corrected chi connectivity index (χ0v) is 28.3. The molecule has 48 heavy (non-hydrogen) atoms. The van der Waals surface area contributed by atoms with Gasteiger partial charge in [-0.2, -0.15) is 0 Å². The van der Waals surface area contributed by atoms with Gasteiger partial charge in [0.25, 0.3) is 11.8 Å². The monoisotopic (exact) mass is 672 g/mol. The van der Waals surface area contributed by atoms with E-state index in [0.29, 0.717) is 19.4 Å². The van der Waals surface area contributed by atoms with Crippen LogP contribution in [0.5, 0.6) is 5.75 Å². The predicted molar refractivity (Wildman–Crippen MR) is 189 cm³/mol. The van der Waals surface area contributed by atoms with Gasteiger partial charge in [-0.1, -0.05) is 72.8 Å². The number of ether oxygens (including phenoxy) is 1. The molecule has 0 radical (unpaired) electrons. The molecule has 0 spiro atoms. The summed E-state index contributed by atoms with van der Waals surface area (Å²) in [5.74, 6) is -0.448. The highest BCUT2D eigenvalue weighted by atomic mass is 32.2. The van der Waals surface area contributed by atoms with Gasteiger partial charge in [-0.15, -0.1) is 0 Å². The van der Waals surface area contributed by atoms with Crippen molar-refractivity contribution in [1.82, 2.24) is 16.0 Å². The molecule has 5 N–H and O–H groups in total. The number of carbonyl (C=O) groups excluding carboxylic acids is 2. The van der Waals surface area contributed by atoms with Crippen LogP contribution in [0, 0.1) is 0 Å². The zero-order valence-electron chi connectivity index (χ0n) is 27.5. The van der Waals surface area contributed by atoms with Gasteiger partial charge in [0.2, 0.25) is 10.0 Å². The van der Waals surface area contributed by atoms with Gasteiger partial charge in [-0.05, 0) is 80.3 Å². The predicted octanol–water partition coefficient (Wildman–Crippen LogP) is 4.48. The van der Waals surface area contributed by atoms with Crippen LogP contribution in [-0.4, -0.2) is 63.4 Å². The van der Waals surface area contributed by atoms with Gasteiger partial charge >= 0.3 is 0 Å². The lowest BCUT2D eigenvalue weighted by Gasteiger charge is -2.25. The van der Waals surface area contributed by atoms with Crippen LogP contribution in [0.1, 0.15) is 57.3 Å². The van der Waals surface area contributed by atoms with Crippen molar-refractivity contribution >= 4 is 27.5 Å².